The zero-order valence-corrected chi connectivity index (χ0v) is 15.0. The lowest BCUT2D eigenvalue weighted by Gasteiger charge is -2.17. The first-order chi connectivity index (χ1) is 11.8. The van der Waals surface area contributed by atoms with E-state index < -0.39 is 15.9 Å². The summed E-state index contributed by atoms with van der Waals surface area (Å²) in [4.78, 5) is 12.0. The van der Waals surface area contributed by atoms with Crippen LogP contribution in [0.5, 0.6) is 0 Å². The summed E-state index contributed by atoms with van der Waals surface area (Å²) in [5.41, 5.74) is 1.11. The third kappa shape index (κ3) is 4.79. The van der Waals surface area contributed by atoms with Crippen molar-refractivity contribution in [2.45, 2.75) is 11.4 Å². The Morgan fingerprint density at radius 2 is 1.84 bits per heavy atom. The van der Waals surface area contributed by atoms with Crippen molar-refractivity contribution >= 4 is 27.5 Å². The van der Waals surface area contributed by atoms with Crippen LogP contribution in [0.4, 0.5) is 0 Å². The number of benzene rings is 2. The van der Waals surface area contributed by atoms with Crippen molar-refractivity contribution in [1.82, 2.24) is 9.62 Å². The predicted octanol–water partition coefficient (Wildman–Crippen LogP) is 2.15. The summed E-state index contributed by atoms with van der Waals surface area (Å²) < 4.78 is 25.8. The molecule has 8 heteroatoms. The molecule has 0 spiro atoms. The Labute approximate surface area is 151 Å². The molecule has 0 saturated carbocycles. The molecule has 0 aliphatic rings. The van der Waals surface area contributed by atoms with Crippen LogP contribution in [-0.2, 0) is 21.4 Å². The van der Waals surface area contributed by atoms with Crippen molar-refractivity contribution in [1.29, 1.82) is 5.26 Å². The van der Waals surface area contributed by atoms with Crippen LogP contribution in [0, 0.1) is 11.3 Å². The van der Waals surface area contributed by atoms with E-state index in [0.717, 1.165) is 9.87 Å². The lowest BCUT2D eigenvalue weighted by atomic mass is 10.2. The van der Waals surface area contributed by atoms with E-state index in [1.807, 2.05) is 6.07 Å². The van der Waals surface area contributed by atoms with E-state index >= 15 is 0 Å². The van der Waals surface area contributed by atoms with E-state index in [-0.39, 0.29) is 18.0 Å². The van der Waals surface area contributed by atoms with Gasteiger partial charge in [-0.15, -0.1) is 0 Å². The highest BCUT2D eigenvalue weighted by Gasteiger charge is 2.22. The van der Waals surface area contributed by atoms with E-state index in [2.05, 4.69) is 5.32 Å². The van der Waals surface area contributed by atoms with Crippen LogP contribution in [0.2, 0.25) is 5.02 Å². The summed E-state index contributed by atoms with van der Waals surface area (Å²) in [6.07, 6.45) is 0. The third-order valence-corrected chi connectivity index (χ3v) is 5.68. The van der Waals surface area contributed by atoms with Gasteiger partial charge in [0.05, 0.1) is 23.1 Å². The summed E-state index contributed by atoms with van der Waals surface area (Å²) in [6.45, 7) is -0.115. The number of carbonyl (C=O) groups is 1. The molecule has 0 radical (unpaired) electrons. The Bertz CT molecular complexity index is 905. The molecule has 130 valence electrons. The van der Waals surface area contributed by atoms with Gasteiger partial charge in [-0.3, -0.25) is 4.79 Å². The van der Waals surface area contributed by atoms with E-state index in [9.17, 15) is 13.2 Å². The Hall–Kier alpha value is -2.40. The molecule has 0 heterocycles. The molecule has 0 aliphatic carbocycles. The molecule has 2 aromatic rings. The molecule has 0 atom stereocenters. The number of nitrogens with zero attached hydrogens (tertiary/aromatic N) is 2. The Morgan fingerprint density at radius 1 is 1.20 bits per heavy atom. The van der Waals surface area contributed by atoms with Crippen molar-refractivity contribution < 1.29 is 13.2 Å². The molecule has 1 amide bonds. The van der Waals surface area contributed by atoms with Crippen LogP contribution in [-0.4, -0.2) is 32.2 Å². The second-order valence-electron chi connectivity index (χ2n) is 5.27. The van der Waals surface area contributed by atoms with Crippen LogP contribution in [0.25, 0.3) is 0 Å². The first-order valence-corrected chi connectivity index (χ1v) is 9.13. The number of rotatable bonds is 6. The van der Waals surface area contributed by atoms with Gasteiger partial charge >= 0.3 is 0 Å². The summed E-state index contributed by atoms with van der Waals surface area (Å²) >= 11 is 6.01. The second kappa shape index (κ2) is 8.12. The van der Waals surface area contributed by atoms with Gasteiger partial charge in [0, 0.05) is 18.6 Å². The molecule has 2 aromatic carbocycles. The zero-order chi connectivity index (χ0) is 18.4. The SMILES string of the molecule is CN(CC(=O)NCc1ccccc1Cl)S(=O)(=O)c1ccc(C#N)cc1. The first-order valence-electron chi connectivity index (χ1n) is 7.31. The highest BCUT2D eigenvalue weighted by atomic mass is 35.5. The Kier molecular flexibility index (Phi) is 6.15. The van der Waals surface area contributed by atoms with Crippen molar-refractivity contribution in [3.8, 4) is 6.07 Å². The van der Waals surface area contributed by atoms with Gasteiger partial charge in [0.2, 0.25) is 15.9 Å². The normalized spacial score (nSPS) is 11.1. The number of sulfonamides is 1. The van der Waals surface area contributed by atoms with Gasteiger partial charge in [0.25, 0.3) is 0 Å². The summed E-state index contributed by atoms with van der Waals surface area (Å²) in [6, 6.07) is 14.5. The van der Waals surface area contributed by atoms with Crippen LogP contribution in [0.3, 0.4) is 0 Å². The molecule has 0 bridgehead atoms. The van der Waals surface area contributed by atoms with E-state index in [0.29, 0.717) is 10.6 Å². The quantitative estimate of drug-likeness (QED) is 0.835. The fourth-order valence-corrected chi connectivity index (χ4v) is 3.39. The van der Waals surface area contributed by atoms with E-state index in [1.54, 1.807) is 24.3 Å². The largest absolute Gasteiger partial charge is 0.351 e. The molecule has 1 N–H and O–H groups in total. The van der Waals surface area contributed by atoms with Gasteiger partial charge < -0.3 is 5.32 Å². The third-order valence-electron chi connectivity index (χ3n) is 3.49. The monoisotopic (exact) mass is 377 g/mol. The van der Waals surface area contributed by atoms with Gasteiger partial charge in [0.1, 0.15) is 0 Å². The maximum Gasteiger partial charge on any atom is 0.243 e. The topological polar surface area (TPSA) is 90.3 Å². The molecule has 0 saturated heterocycles. The molecule has 2 rings (SSSR count). The minimum absolute atomic E-state index is 0.0212. The maximum absolute atomic E-state index is 12.4. The number of hydrogen-bond donors (Lipinski definition) is 1. The number of amides is 1. The Morgan fingerprint density at radius 3 is 2.44 bits per heavy atom. The summed E-state index contributed by atoms with van der Waals surface area (Å²) in [5.74, 6) is -0.445. The molecule has 25 heavy (non-hydrogen) atoms. The van der Waals surface area contributed by atoms with Crippen molar-refractivity contribution in [2.75, 3.05) is 13.6 Å². The van der Waals surface area contributed by atoms with Crippen LogP contribution in [0.15, 0.2) is 53.4 Å². The lowest BCUT2D eigenvalue weighted by Crippen LogP contribution is -2.38. The van der Waals surface area contributed by atoms with Gasteiger partial charge in [-0.05, 0) is 35.9 Å². The maximum atomic E-state index is 12.4. The molecule has 0 aliphatic heterocycles. The molecular weight excluding hydrogens is 362 g/mol. The number of likely N-dealkylation sites (N-methyl/N-ethyl adjacent to an activating group) is 1. The predicted molar refractivity (Wildman–Crippen MR) is 94.3 cm³/mol. The fraction of sp³-hybridized carbons (Fsp3) is 0.176. The number of hydrogen-bond acceptors (Lipinski definition) is 4. The highest BCUT2D eigenvalue weighted by molar-refractivity contribution is 7.89. The van der Waals surface area contributed by atoms with Crippen molar-refractivity contribution in [3.05, 3.63) is 64.7 Å². The van der Waals surface area contributed by atoms with Gasteiger partial charge in [-0.1, -0.05) is 29.8 Å². The summed E-state index contributed by atoms with van der Waals surface area (Å²) in [7, 11) is -2.49. The average Bonchev–Trinajstić information content (AvgIpc) is 2.61. The second-order valence-corrected chi connectivity index (χ2v) is 7.72. The van der Waals surface area contributed by atoms with Crippen LogP contribution in [0.1, 0.15) is 11.1 Å². The molecular formula is C17H16ClN3O3S. The van der Waals surface area contributed by atoms with E-state index in [4.69, 9.17) is 16.9 Å². The lowest BCUT2D eigenvalue weighted by molar-refractivity contribution is -0.121. The molecule has 0 fully saturated rings. The van der Waals surface area contributed by atoms with Gasteiger partial charge in [-0.25, -0.2) is 8.42 Å². The molecule has 6 nitrogen and oxygen atoms in total. The van der Waals surface area contributed by atoms with Gasteiger partial charge in [0.15, 0.2) is 0 Å². The fourth-order valence-electron chi connectivity index (χ4n) is 2.06. The van der Waals surface area contributed by atoms with Gasteiger partial charge in [-0.2, -0.15) is 9.57 Å². The smallest absolute Gasteiger partial charge is 0.243 e. The molecule has 0 aromatic heterocycles. The zero-order valence-electron chi connectivity index (χ0n) is 13.4. The Balaban J connectivity index is 1.99. The van der Waals surface area contributed by atoms with Crippen LogP contribution < -0.4 is 5.32 Å². The molecule has 0 unspecified atom stereocenters. The number of nitriles is 1. The van der Waals surface area contributed by atoms with E-state index in [1.165, 1.54) is 31.3 Å². The average molecular weight is 378 g/mol. The minimum Gasteiger partial charge on any atom is -0.351 e. The summed E-state index contributed by atoms with van der Waals surface area (Å²) in [5, 5.41) is 11.9. The van der Waals surface area contributed by atoms with Crippen molar-refractivity contribution in [2.24, 2.45) is 0 Å². The standard InChI is InChI=1S/C17H16ClN3O3S/c1-21(25(23,24)15-8-6-13(10-19)7-9-15)12-17(22)20-11-14-4-2-3-5-16(14)18/h2-9H,11-12H2,1H3,(H,20,22). The highest BCUT2D eigenvalue weighted by Crippen LogP contribution is 2.16. The van der Waals surface area contributed by atoms with Crippen molar-refractivity contribution in [3.63, 3.8) is 0 Å². The van der Waals surface area contributed by atoms with Crippen LogP contribution >= 0.6 is 11.6 Å². The number of nitrogens with one attached hydrogen (secondary N) is 1. The first kappa shape index (κ1) is 18.9. The minimum atomic E-state index is -3.81. The number of carbonyl (C=O) groups excluding carboxylic acids is 1. The number of halogens is 1.